The average Bonchev–Trinajstić information content (AvgIpc) is 2.90. The first kappa shape index (κ1) is 19.3. The number of aryl methyl sites for hydroxylation is 2. The molecule has 0 unspecified atom stereocenters. The highest BCUT2D eigenvalue weighted by molar-refractivity contribution is 8.27. The number of aromatic hydroxyl groups is 1. The molecule has 0 aromatic heterocycles. The molecule has 27 heavy (non-hydrogen) atoms. The number of phenols is 1. The summed E-state index contributed by atoms with van der Waals surface area (Å²) in [6.07, 6.45) is 1.72. The molecular weight excluding hydrogens is 382 g/mol. The molecular formula is C20H19NO4S2. The van der Waals surface area contributed by atoms with Gasteiger partial charge in [-0.1, -0.05) is 42.2 Å². The van der Waals surface area contributed by atoms with E-state index in [9.17, 15) is 9.90 Å². The van der Waals surface area contributed by atoms with Gasteiger partial charge < -0.3 is 14.6 Å². The van der Waals surface area contributed by atoms with Crippen LogP contribution in [-0.4, -0.2) is 29.6 Å². The van der Waals surface area contributed by atoms with Crippen LogP contribution in [-0.2, 0) is 4.79 Å². The van der Waals surface area contributed by atoms with Crippen LogP contribution in [0.25, 0.3) is 6.08 Å². The van der Waals surface area contributed by atoms with E-state index in [1.54, 1.807) is 23.1 Å². The zero-order valence-electron chi connectivity index (χ0n) is 15.4. The summed E-state index contributed by atoms with van der Waals surface area (Å²) in [4.78, 5) is 15.1. The SMILES string of the molecule is COc1cc(/C=C2\SC(=S)N(c3c(C)cccc3C)C2=O)cc(OC)c1O. The van der Waals surface area contributed by atoms with Gasteiger partial charge in [0, 0.05) is 0 Å². The number of carbonyl (C=O) groups is 1. The largest absolute Gasteiger partial charge is 0.502 e. The number of rotatable bonds is 4. The van der Waals surface area contributed by atoms with Crippen LogP contribution in [0.4, 0.5) is 5.69 Å². The minimum Gasteiger partial charge on any atom is -0.502 e. The molecule has 1 N–H and O–H groups in total. The second kappa shape index (κ2) is 7.62. The van der Waals surface area contributed by atoms with E-state index in [1.165, 1.54) is 26.0 Å². The summed E-state index contributed by atoms with van der Waals surface area (Å²) in [5.41, 5.74) is 3.47. The van der Waals surface area contributed by atoms with Gasteiger partial charge in [-0.15, -0.1) is 0 Å². The first-order valence-electron chi connectivity index (χ1n) is 8.16. The lowest BCUT2D eigenvalue weighted by Crippen LogP contribution is -2.29. The Morgan fingerprint density at radius 3 is 2.19 bits per heavy atom. The maximum absolute atomic E-state index is 13.0. The number of anilines is 1. The molecule has 2 aromatic carbocycles. The highest BCUT2D eigenvalue weighted by atomic mass is 32.2. The van der Waals surface area contributed by atoms with E-state index >= 15 is 0 Å². The lowest BCUT2D eigenvalue weighted by molar-refractivity contribution is -0.113. The molecule has 7 heteroatoms. The molecule has 1 amide bonds. The summed E-state index contributed by atoms with van der Waals surface area (Å²) in [6.45, 7) is 3.92. The predicted molar refractivity (Wildman–Crippen MR) is 113 cm³/mol. The topological polar surface area (TPSA) is 59.0 Å². The average molecular weight is 402 g/mol. The maximum Gasteiger partial charge on any atom is 0.270 e. The van der Waals surface area contributed by atoms with Crippen molar-refractivity contribution < 1.29 is 19.4 Å². The van der Waals surface area contributed by atoms with Gasteiger partial charge in [0.25, 0.3) is 5.91 Å². The first-order valence-corrected chi connectivity index (χ1v) is 9.39. The molecule has 1 fully saturated rings. The molecule has 1 saturated heterocycles. The van der Waals surface area contributed by atoms with Gasteiger partial charge in [-0.3, -0.25) is 9.69 Å². The van der Waals surface area contributed by atoms with E-state index in [2.05, 4.69) is 0 Å². The van der Waals surface area contributed by atoms with Crippen molar-refractivity contribution in [3.8, 4) is 17.2 Å². The zero-order valence-corrected chi connectivity index (χ0v) is 17.0. The van der Waals surface area contributed by atoms with Gasteiger partial charge in [-0.05, 0) is 48.7 Å². The fourth-order valence-electron chi connectivity index (χ4n) is 2.97. The van der Waals surface area contributed by atoms with Crippen LogP contribution in [0.2, 0.25) is 0 Å². The molecule has 0 aliphatic carbocycles. The Morgan fingerprint density at radius 1 is 1.11 bits per heavy atom. The Hall–Kier alpha value is -2.51. The van der Waals surface area contributed by atoms with E-state index in [-0.39, 0.29) is 23.2 Å². The minimum absolute atomic E-state index is 0.0831. The van der Waals surface area contributed by atoms with Gasteiger partial charge in [0.15, 0.2) is 15.8 Å². The minimum atomic E-state index is -0.173. The van der Waals surface area contributed by atoms with Gasteiger partial charge in [-0.25, -0.2) is 0 Å². The number of nitrogens with zero attached hydrogens (tertiary/aromatic N) is 1. The van der Waals surface area contributed by atoms with Crippen LogP contribution < -0.4 is 14.4 Å². The van der Waals surface area contributed by atoms with Crippen LogP contribution in [0, 0.1) is 13.8 Å². The van der Waals surface area contributed by atoms with E-state index in [0.29, 0.717) is 14.8 Å². The normalized spacial score (nSPS) is 15.6. The number of hydrogen-bond donors (Lipinski definition) is 1. The fraction of sp³-hybridized carbons (Fsp3) is 0.200. The van der Waals surface area contributed by atoms with Crippen LogP contribution in [0.1, 0.15) is 16.7 Å². The van der Waals surface area contributed by atoms with Crippen molar-refractivity contribution in [1.82, 2.24) is 0 Å². The van der Waals surface area contributed by atoms with Crippen molar-refractivity contribution >= 4 is 46.0 Å². The summed E-state index contributed by atoms with van der Waals surface area (Å²) in [7, 11) is 2.91. The van der Waals surface area contributed by atoms with Crippen molar-refractivity contribution in [2.45, 2.75) is 13.8 Å². The first-order chi connectivity index (χ1) is 12.9. The second-order valence-corrected chi connectivity index (χ2v) is 7.71. The van der Waals surface area contributed by atoms with Crippen molar-refractivity contribution in [3.63, 3.8) is 0 Å². The van der Waals surface area contributed by atoms with Crippen LogP contribution in [0.15, 0.2) is 35.2 Å². The lowest BCUT2D eigenvalue weighted by atomic mass is 10.1. The lowest BCUT2D eigenvalue weighted by Gasteiger charge is -2.19. The number of thiocarbonyl (C=S) groups is 1. The highest BCUT2D eigenvalue weighted by Gasteiger charge is 2.34. The van der Waals surface area contributed by atoms with Crippen LogP contribution in [0.3, 0.4) is 0 Å². The van der Waals surface area contributed by atoms with Crippen molar-refractivity contribution in [2.24, 2.45) is 0 Å². The number of thioether (sulfide) groups is 1. The van der Waals surface area contributed by atoms with Crippen molar-refractivity contribution in [2.75, 3.05) is 19.1 Å². The summed E-state index contributed by atoms with van der Waals surface area (Å²) in [5.74, 6) is 0.283. The number of hydrogen-bond acceptors (Lipinski definition) is 6. The highest BCUT2D eigenvalue weighted by Crippen LogP contribution is 2.41. The molecule has 1 aliphatic rings. The molecule has 1 aliphatic heterocycles. The Labute approximate surface area is 167 Å². The third kappa shape index (κ3) is 3.52. The van der Waals surface area contributed by atoms with Gasteiger partial charge in [0.05, 0.1) is 24.8 Å². The van der Waals surface area contributed by atoms with Gasteiger partial charge >= 0.3 is 0 Å². The van der Waals surface area contributed by atoms with E-state index in [1.807, 2.05) is 32.0 Å². The summed E-state index contributed by atoms with van der Waals surface area (Å²) in [5, 5.41) is 10.0. The van der Waals surface area contributed by atoms with Gasteiger partial charge in [0.2, 0.25) is 5.75 Å². The summed E-state index contributed by atoms with van der Waals surface area (Å²) >= 11 is 6.71. The number of methoxy groups -OCH3 is 2. The summed E-state index contributed by atoms with van der Waals surface area (Å²) in [6, 6.07) is 9.16. The molecule has 0 atom stereocenters. The molecule has 140 valence electrons. The Bertz CT molecular complexity index is 923. The number of amides is 1. The van der Waals surface area contributed by atoms with E-state index < -0.39 is 0 Å². The predicted octanol–water partition coefficient (Wildman–Crippen LogP) is 4.43. The number of benzene rings is 2. The number of phenolic OH excluding ortho intramolecular Hbond substituents is 1. The van der Waals surface area contributed by atoms with Crippen molar-refractivity contribution in [3.05, 3.63) is 51.9 Å². The Kier molecular flexibility index (Phi) is 5.43. The van der Waals surface area contributed by atoms with E-state index in [4.69, 9.17) is 21.7 Å². The fourth-order valence-corrected chi connectivity index (χ4v) is 4.24. The molecule has 3 rings (SSSR count). The second-order valence-electron chi connectivity index (χ2n) is 6.03. The van der Waals surface area contributed by atoms with Crippen LogP contribution in [0.5, 0.6) is 17.2 Å². The zero-order chi connectivity index (χ0) is 19.7. The molecule has 0 bridgehead atoms. The maximum atomic E-state index is 13.0. The standard InChI is InChI=1S/C20H19NO4S2/c1-11-6-5-7-12(2)17(11)21-19(23)16(27-20(21)26)10-13-8-14(24-3)18(22)15(9-13)25-4/h5-10,22H,1-4H3/b16-10-. The molecule has 5 nitrogen and oxygen atoms in total. The third-order valence-corrected chi connectivity index (χ3v) is 5.56. The molecule has 0 spiro atoms. The molecule has 2 aromatic rings. The summed E-state index contributed by atoms with van der Waals surface area (Å²) < 4.78 is 10.8. The smallest absolute Gasteiger partial charge is 0.270 e. The molecule has 0 radical (unpaired) electrons. The Morgan fingerprint density at radius 2 is 1.67 bits per heavy atom. The molecule has 1 heterocycles. The molecule has 0 saturated carbocycles. The van der Waals surface area contributed by atoms with Crippen molar-refractivity contribution in [1.29, 1.82) is 0 Å². The number of carbonyl (C=O) groups excluding carboxylic acids is 1. The van der Waals surface area contributed by atoms with Gasteiger partial charge in [-0.2, -0.15) is 0 Å². The third-order valence-electron chi connectivity index (χ3n) is 4.26. The van der Waals surface area contributed by atoms with E-state index in [0.717, 1.165) is 16.8 Å². The quantitative estimate of drug-likeness (QED) is 0.604. The monoisotopic (exact) mass is 401 g/mol. The van der Waals surface area contributed by atoms with Crippen LogP contribution >= 0.6 is 24.0 Å². The Balaban J connectivity index is 2.03. The van der Waals surface area contributed by atoms with Gasteiger partial charge in [0.1, 0.15) is 0 Å². The number of ether oxygens (including phenoxy) is 2. The number of para-hydroxylation sites is 1.